The summed E-state index contributed by atoms with van der Waals surface area (Å²) in [6.45, 7) is 3.99. The molecule has 0 aliphatic heterocycles. The van der Waals surface area contributed by atoms with Crippen LogP contribution < -0.4 is 10.6 Å². The van der Waals surface area contributed by atoms with Gasteiger partial charge in [0.2, 0.25) is 11.8 Å². The summed E-state index contributed by atoms with van der Waals surface area (Å²) in [5.74, 6) is -0.761. The largest absolute Gasteiger partial charge is 0.416 e. The molecule has 0 unspecified atom stereocenters. The van der Waals surface area contributed by atoms with Crippen LogP contribution in [0.4, 0.5) is 13.2 Å². The summed E-state index contributed by atoms with van der Waals surface area (Å²) in [5.41, 5.74) is -0.754. The van der Waals surface area contributed by atoms with Crippen LogP contribution in [0.15, 0.2) is 29.2 Å². The van der Waals surface area contributed by atoms with E-state index in [1.54, 1.807) is 6.92 Å². The van der Waals surface area contributed by atoms with Gasteiger partial charge in [-0.2, -0.15) is 13.2 Å². The fourth-order valence-corrected chi connectivity index (χ4v) is 2.43. The van der Waals surface area contributed by atoms with Gasteiger partial charge in [-0.05, 0) is 31.5 Å². The molecule has 1 rings (SSSR count). The average molecular weight is 348 g/mol. The topological polar surface area (TPSA) is 58.2 Å². The number of halogens is 3. The molecule has 2 amide bonds. The van der Waals surface area contributed by atoms with Gasteiger partial charge in [0, 0.05) is 11.4 Å². The van der Waals surface area contributed by atoms with Gasteiger partial charge in [0.15, 0.2) is 0 Å². The van der Waals surface area contributed by atoms with Crippen LogP contribution >= 0.6 is 11.8 Å². The summed E-state index contributed by atoms with van der Waals surface area (Å²) >= 11 is 0.987. The van der Waals surface area contributed by atoms with E-state index in [1.165, 1.54) is 12.1 Å². The van der Waals surface area contributed by atoms with Crippen molar-refractivity contribution in [2.24, 2.45) is 0 Å². The molecule has 128 valence electrons. The normalized spacial score (nSPS) is 12.6. The minimum Gasteiger partial charge on any atom is -0.354 e. The van der Waals surface area contributed by atoms with Crippen LogP contribution in [0.5, 0.6) is 0 Å². The zero-order valence-electron chi connectivity index (χ0n) is 12.9. The third kappa shape index (κ3) is 6.94. The quantitative estimate of drug-likeness (QED) is 0.745. The van der Waals surface area contributed by atoms with Gasteiger partial charge in [-0.1, -0.05) is 13.0 Å². The molecule has 1 aromatic rings. The summed E-state index contributed by atoms with van der Waals surface area (Å²) in [5, 5.41) is 5.16. The highest BCUT2D eigenvalue weighted by atomic mass is 32.2. The first-order valence-corrected chi connectivity index (χ1v) is 8.09. The van der Waals surface area contributed by atoms with Crippen LogP contribution in [-0.4, -0.2) is 30.2 Å². The molecule has 1 aromatic carbocycles. The molecule has 0 aliphatic carbocycles. The van der Waals surface area contributed by atoms with E-state index in [2.05, 4.69) is 10.6 Å². The second kappa shape index (κ2) is 8.81. The van der Waals surface area contributed by atoms with E-state index in [4.69, 9.17) is 0 Å². The molecule has 2 N–H and O–H groups in total. The molecular formula is C15H19F3N2O2S. The predicted molar refractivity (Wildman–Crippen MR) is 83.1 cm³/mol. The fraction of sp³-hybridized carbons (Fsp3) is 0.467. The van der Waals surface area contributed by atoms with Gasteiger partial charge >= 0.3 is 6.18 Å². The smallest absolute Gasteiger partial charge is 0.354 e. The predicted octanol–water partition coefficient (Wildman–Crippen LogP) is 2.83. The molecule has 1 atom stereocenters. The summed E-state index contributed by atoms with van der Waals surface area (Å²) in [7, 11) is 0. The average Bonchev–Trinajstić information content (AvgIpc) is 2.50. The van der Waals surface area contributed by atoms with E-state index in [9.17, 15) is 22.8 Å². The molecular weight excluding hydrogens is 329 g/mol. The minimum atomic E-state index is -4.41. The molecule has 0 aliphatic rings. The second-order valence-corrected chi connectivity index (χ2v) is 5.94. The molecule has 0 fully saturated rings. The summed E-state index contributed by atoms with van der Waals surface area (Å²) in [6, 6.07) is 4.09. The summed E-state index contributed by atoms with van der Waals surface area (Å²) < 4.78 is 37.8. The van der Waals surface area contributed by atoms with Crippen LogP contribution in [0.3, 0.4) is 0 Å². The van der Waals surface area contributed by atoms with E-state index in [0.29, 0.717) is 11.4 Å². The third-order valence-corrected chi connectivity index (χ3v) is 3.85. The van der Waals surface area contributed by atoms with Crippen LogP contribution in [0.1, 0.15) is 25.8 Å². The number of rotatable bonds is 7. The molecule has 0 heterocycles. The van der Waals surface area contributed by atoms with Crippen molar-refractivity contribution in [1.29, 1.82) is 0 Å². The van der Waals surface area contributed by atoms with Crippen LogP contribution in [0.2, 0.25) is 0 Å². The van der Waals surface area contributed by atoms with Gasteiger partial charge in [0.05, 0.1) is 11.3 Å². The molecule has 0 saturated heterocycles. The van der Waals surface area contributed by atoms with E-state index < -0.39 is 23.7 Å². The Kier molecular flexibility index (Phi) is 7.41. The van der Waals surface area contributed by atoms with Gasteiger partial charge in [-0.25, -0.2) is 0 Å². The highest BCUT2D eigenvalue weighted by Gasteiger charge is 2.30. The monoisotopic (exact) mass is 348 g/mol. The Morgan fingerprint density at radius 1 is 1.30 bits per heavy atom. The number of carbonyl (C=O) groups excluding carboxylic acids is 2. The number of amides is 2. The zero-order chi connectivity index (χ0) is 17.5. The zero-order valence-corrected chi connectivity index (χ0v) is 13.7. The van der Waals surface area contributed by atoms with Crippen molar-refractivity contribution in [2.75, 3.05) is 12.3 Å². The van der Waals surface area contributed by atoms with Gasteiger partial charge in [0.1, 0.15) is 6.04 Å². The SMILES string of the molecule is CCCNC(=O)[C@H](C)NC(=O)CSc1cccc(C(F)(F)F)c1. The number of carbonyl (C=O) groups is 2. The first-order valence-electron chi connectivity index (χ1n) is 7.11. The van der Waals surface area contributed by atoms with E-state index in [1.807, 2.05) is 6.92 Å². The molecule has 0 bridgehead atoms. The molecule has 23 heavy (non-hydrogen) atoms. The Labute approximate surface area is 137 Å². The Bertz CT molecular complexity index is 550. The maximum atomic E-state index is 12.6. The maximum Gasteiger partial charge on any atom is 0.416 e. The third-order valence-electron chi connectivity index (χ3n) is 2.85. The number of nitrogens with one attached hydrogen (secondary N) is 2. The lowest BCUT2D eigenvalue weighted by Crippen LogP contribution is -2.45. The van der Waals surface area contributed by atoms with Crippen LogP contribution in [0, 0.1) is 0 Å². The van der Waals surface area contributed by atoms with Crippen molar-refractivity contribution in [3.8, 4) is 0 Å². The second-order valence-electron chi connectivity index (χ2n) is 4.89. The Hall–Kier alpha value is -1.70. The number of benzene rings is 1. The minimum absolute atomic E-state index is 0.0628. The van der Waals surface area contributed by atoms with Crippen LogP contribution in [0.25, 0.3) is 0 Å². The highest BCUT2D eigenvalue weighted by Crippen LogP contribution is 2.31. The lowest BCUT2D eigenvalue weighted by Gasteiger charge is -2.14. The van der Waals surface area contributed by atoms with Crippen molar-refractivity contribution < 1.29 is 22.8 Å². The standard InChI is InChI=1S/C15H19F3N2O2S/c1-3-7-19-14(22)10(2)20-13(21)9-23-12-6-4-5-11(8-12)15(16,17)18/h4-6,8,10H,3,7,9H2,1-2H3,(H,19,22)(H,20,21)/t10-/m0/s1. The van der Waals surface area contributed by atoms with Crippen molar-refractivity contribution in [3.05, 3.63) is 29.8 Å². The van der Waals surface area contributed by atoms with Gasteiger partial charge in [-0.3, -0.25) is 9.59 Å². The highest BCUT2D eigenvalue weighted by molar-refractivity contribution is 8.00. The lowest BCUT2D eigenvalue weighted by molar-refractivity contribution is -0.137. The first kappa shape index (κ1) is 19.3. The number of hydrogen-bond acceptors (Lipinski definition) is 3. The van der Waals surface area contributed by atoms with Crippen molar-refractivity contribution in [1.82, 2.24) is 10.6 Å². The summed E-state index contributed by atoms with van der Waals surface area (Å²) in [4.78, 5) is 23.7. The first-order chi connectivity index (χ1) is 10.7. The molecule has 0 radical (unpaired) electrons. The molecule has 4 nitrogen and oxygen atoms in total. The van der Waals surface area contributed by atoms with Gasteiger partial charge in [0.25, 0.3) is 0 Å². The summed E-state index contributed by atoms with van der Waals surface area (Å²) in [6.07, 6.45) is -3.62. The lowest BCUT2D eigenvalue weighted by atomic mass is 10.2. The number of hydrogen-bond donors (Lipinski definition) is 2. The van der Waals surface area contributed by atoms with Gasteiger partial charge < -0.3 is 10.6 Å². The van der Waals surface area contributed by atoms with E-state index in [-0.39, 0.29) is 11.7 Å². The van der Waals surface area contributed by atoms with Crippen LogP contribution in [-0.2, 0) is 15.8 Å². The molecule has 8 heteroatoms. The number of thioether (sulfide) groups is 1. The number of alkyl halides is 3. The van der Waals surface area contributed by atoms with E-state index >= 15 is 0 Å². The van der Waals surface area contributed by atoms with Crippen molar-refractivity contribution in [3.63, 3.8) is 0 Å². The fourth-order valence-electron chi connectivity index (χ4n) is 1.66. The van der Waals surface area contributed by atoms with Crippen molar-refractivity contribution >= 4 is 23.6 Å². The maximum absolute atomic E-state index is 12.6. The Morgan fingerprint density at radius 3 is 2.61 bits per heavy atom. The van der Waals surface area contributed by atoms with Gasteiger partial charge in [-0.15, -0.1) is 11.8 Å². The Balaban J connectivity index is 2.49. The van der Waals surface area contributed by atoms with E-state index in [0.717, 1.165) is 30.3 Å². The molecule has 0 aromatic heterocycles. The van der Waals surface area contributed by atoms with Crippen molar-refractivity contribution in [2.45, 2.75) is 37.4 Å². The molecule has 0 spiro atoms. The molecule has 0 saturated carbocycles. The Morgan fingerprint density at radius 2 is 2.00 bits per heavy atom.